The summed E-state index contributed by atoms with van der Waals surface area (Å²) in [5.41, 5.74) is 0.711. The maximum atomic E-state index is 13.3. The molecule has 1 N–H and O–H groups in total. The van der Waals surface area contributed by atoms with Gasteiger partial charge in [-0.25, -0.2) is 4.39 Å². The molecule has 0 spiro atoms. The zero-order valence-electron chi connectivity index (χ0n) is 15.5. The number of carbonyl (C=O) groups excluding carboxylic acids is 2. The first-order valence-electron chi connectivity index (χ1n) is 8.62. The Morgan fingerprint density at radius 3 is 2.28 bits per heavy atom. The zero-order chi connectivity index (χ0) is 21.0. The highest BCUT2D eigenvalue weighted by Gasteiger charge is 2.26. The maximum absolute atomic E-state index is 13.3. The molecule has 1 aromatic heterocycles. The molecule has 0 bridgehead atoms. The van der Waals surface area contributed by atoms with Gasteiger partial charge < -0.3 is 23.8 Å². The highest BCUT2D eigenvalue weighted by Crippen LogP contribution is 2.26. The van der Waals surface area contributed by atoms with Crippen LogP contribution in [0.5, 0.6) is 5.75 Å². The Balaban J connectivity index is 1.65. The topological polar surface area (TPSA) is 115 Å². The van der Waals surface area contributed by atoms with Crippen LogP contribution in [0.4, 0.5) is 10.1 Å². The molecule has 11 heteroatoms. The van der Waals surface area contributed by atoms with Gasteiger partial charge in [-0.1, -0.05) is 0 Å². The van der Waals surface area contributed by atoms with Crippen molar-refractivity contribution in [2.75, 3.05) is 38.0 Å². The van der Waals surface area contributed by atoms with Crippen LogP contribution in [0.3, 0.4) is 0 Å². The van der Waals surface area contributed by atoms with Gasteiger partial charge in [-0.15, -0.1) is 0 Å². The van der Waals surface area contributed by atoms with E-state index in [1.165, 1.54) is 36.4 Å². The zero-order valence-corrected chi connectivity index (χ0v) is 16.3. The van der Waals surface area contributed by atoms with Crippen LogP contribution < -0.4 is 9.46 Å². The summed E-state index contributed by atoms with van der Waals surface area (Å²) < 4.78 is 42.2. The smallest absolute Gasteiger partial charge is 0.255 e. The third kappa shape index (κ3) is 4.87. The van der Waals surface area contributed by atoms with Gasteiger partial charge in [0.15, 0.2) is 0 Å². The molecule has 1 unspecified atom stereocenters. The minimum absolute atomic E-state index is 0.161. The van der Waals surface area contributed by atoms with Crippen molar-refractivity contribution in [1.29, 1.82) is 0 Å². The lowest BCUT2D eigenvalue weighted by atomic mass is 10.1. The van der Waals surface area contributed by atoms with Crippen molar-refractivity contribution in [3.63, 3.8) is 0 Å². The maximum Gasteiger partial charge on any atom is 0.255 e. The molecule has 0 aliphatic carbocycles. The molecule has 0 saturated carbocycles. The van der Waals surface area contributed by atoms with Crippen molar-refractivity contribution in [3.05, 3.63) is 53.6 Å². The van der Waals surface area contributed by atoms with E-state index >= 15 is 0 Å². The lowest BCUT2D eigenvalue weighted by Gasteiger charge is -2.35. The van der Waals surface area contributed by atoms with Gasteiger partial charge in [-0.3, -0.25) is 18.8 Å². The Morgan fingerprint density at radius 2 is 1.72 bits per heavy atom. The van der Waals surface area contributed by atoms with E-state index in [4.69, 9.17) is 4.74 Å². The molecule has 1 aromatic carbocycles. The molecule has 1 saturated heterocycles. The number of methoxy groups -OCH3 is 1. The highest BCUT2D eigenvalue weighted by atomic mass is 32.2. The number of hydrogen-bond acceptors (Lipinski definition) is 6. The summed E-state index contributed by atoms with van der Waals surface area (Å²) in [6.07, 6.45) is 2.33. The van der Waals surface area contributed by atoms with Crippen LogP contribution in [0.15, 0.2) is 36.7 Å². The Hall–Kier alpha value is -3.05. The quantitative estimate of drug-likeness (QED) is 0.722. The average molecular weight is 421 g/mol. The molecule has 1 atom stereocenters. The minimum atomic E-state index is -2.52. The van der Waals surface area contributed by atoms with E-state index in [0.717, 1.165) is 12.3 Å². The number of pyridine rings is 1. The molecule has 1 aliphatic rings. The van der Waals surface area contributed by atoms with E-state index in [1.54, 1.807) is 4.90 Å². The number of nitrogens with zero attached hydrogens (tertiary/aromatic N) is 3. The number of carbonyl (C=O) groups is 2. The van der Waals surface area contributed by atoms with Crippen LogP contribution in [-0.4, -0.2) is 68.6 Å². The summed E-state index contributed by atoms with van der Waals surface area (Å²) in [6, 6.07) is 5.52. The number of rotatable bonds is 5. The van der Waals surface area contributed by atoms with E-state index in [2.05, 4.69) is 9.71 Å². The van der Waals surface area contributed by atoms with E-state index in [-0.39, 0.29) is 28.8 Å². The van der Waals surface area contributed by atoms with Gasteiger partial charge in [0.1, 0.15) is 11.6 Å². The minimum Gasteiger partial charge on any atom is -0.755 e. The molecule has 29 heavy (non-hydrogen) atoms. The van der Waals surface area contributed by atoms with Crippen LogP contribution in [0.1, 0.15) is 20.7 Å². The Morgan fingerprint density at radius 1 is 1.10 bits per heavy atom. The molecule has 0 radical (unpaired) electrons. The van der Waals surface area contributed by atoms with E-state index in [9.17, 15) is 22.7 Å². The molecule has 2 heterocycles. The third-order valence-corrected chi connectivity index (χ3v) is 4.83. The van der Waals surface area contributed by atoms with Crippen molar-refractivity contribution in [2.45, 2.75) is 0 Å². The monoisotopic (exact) mass is 421 g/mol. The fourth-order valence-corrected chi connectivity index (χ4v) is 3.35. The SMILES string of the molecule is COc1cc(C(=O)N2CCN(C(=O)c3cncc(F)c3)CC2)ccc1NS(=O)[O-]. The first-order chi connectivity index (χ1) is 13.9. The Labute approximate surface area is 168 Å². The Kier molecular flexibility index (Phi) is 6.39. The lowest BCUT2D eigenvalue weighted by Crippen LogP contribution is -2.50. The summed E-state index contributed by atoms with van der Waals surface area (Å²) in [5, 5.41) is 0. The fourth-order valence-electron chi connectivity index (χ4n) is 3.00. The van der Waals surface area contributed by atoms with Gasteiger partial charge in [0, 0.05) is 49.2 Å². The van der Waals surface area contributed by atoms with Crippen LogP contribution >= 0.6 is 0 Å². The molecule has 9 nitrogen and oxygen atoms in total. The molecule has 2 aromatic rings. The summed E-state index contributed by atoms with van der Waals surface area (Å²) in [5.74, 6) is -0.978. The van der Waals surface area contributed by atoms with E-state index < -0.39 is 17.1 Å². The number of aromatic nitrogens is 1. The van der Waals surface area contributed by atoms with Gasteiger partial charge in [-0.05, 0) is 24.3 Å². The molecule has 2 amide bonds. The normalized spacial score (nSPS) is 15.0. The highest BCUT2D eigenvalue weighted by molar-refractivity contribution is 7.80. The number of benzene rings is 1. The van der Waals surface area contributed by atoms with Gasteiger partial charge >= 0.3 is 0 Å². The van der Waals surface area contributed by atoms with Crippen molar-refractivity contribution >= 4 is 28.8 Å². The predicted molar refractivity (Wildman–Crippen MR) is 102 cm³/mol. The second kappa shape index (κ2) is 8.97. The summed E-state index contributed by atoms with van der Waals surface area (Å²) >= 11 is -2.52. The predicted octanol–water partition coefficient (Wildman–Crippen LogP) is 1.03. The lowest BCUT2D eigenvalue weighted by molar-refractivity contribution is 0.0535. The van der Waals surface area contributed by atoms with Gasteiger partial charge in [0.2, 0.25) is 0 Å². The molecule has 154 valence electrons. The molecular formula is C18H18FN4O5S-. The number of halogens is 1. The number of amides is 2. The van der Waals surface area contributed by atoms with E-state index in [1.807, 2.05) is 0 Å². The number of ether oxygens (including phenoxy) is 1. The standard InChI is InChI=1S/C18H19FN4O5S/c1-28-16-9-12(2-3-15(16)21-29(26)27)17(24)22-4-6-23(7-5-22)18(25)13-8-14(19)11-20-10-13/h2-3,8-11,21H,4-7H2,1H3,(H,26,27)/p-1. The van der Waals surface area contributed by atoms with Crippen LogP contribution in [-0.2, 0) is 11.3 Å². The first-order valence-corrected chi connectivity index (χ1v) is 9.69. The number of hydrogen-bond donors (Lipinski definition) is 1. The molecular weight excluding hydrogens is 403 g/mol. The van der Waals surface area contributed by atoms with Crippen LogP contribution in [0, 0.1) is 5.82 Å². The Bertz CT molecular complexity index is 950. The van der Waals surface area contributed by atoms with Crippen molar-refractivity contribution in [1.82, 2.24) is 14.8 Å². The summed E-state index contributed by atoms with van der Waals surface area (Å²) in [4.78, 5) is 32.0. The number of piperazine rings is 1. The fraction of sp³-hybridized carbons (Fsp3) is 0.278. The molecule has 1 fully saturated rings. The molecule has 3 rings (SSSR count). The summed E-state index contributed by atoms with van der Waals surface area (Å²) in [6.45, 7) is 1.21. The average Bonchev–Trinajstić information content (AvgIpc) is 2.72. The third-order valence-electron chi connectivity index (χ3n) is 4.45. The van der Waals surface area contributed by atoms with Crippen LogP contribution in [0.2, 0.25) is 0 Å². The molecule has 1 aliphatic heterocycles. The van der Waals surface area contributed by atoms with Crippen molar-refractivity contribution in [3.8, 4) is 5.75 Å². The largest absolute Gasteiger partial charge is 0.755 e. The van der Waals surface area contributed by atoms with Gasteiger partial charge in [0.05, 0.1) is 24.6 Å². The number of nitrogens with one attached hydrogen (secondary N) is 1. The first kappa shape index (κ1) is 20.7. The van der Waals surface area contributed by atoms with Crippen LogP contribution in [0.25, 0.3) is 0 Å². The second-order valence-corrected chi connectivity index (χ2v) is 6.90. The van der Waals surface area contributed by atoms with Crippen molar-refractivity contribution in [2.24, 2.45) is 0 Å². The second-order valence-electron chi connectivity index (χ2n) is 6.23. The van der Waals surface area contributed by atoms with Gasteiger partial charge in [0.25, 0.3) is 11.8 Å². The number of anilines is 1. The van der Waals surface area contributed by atoms with Crippen molar-refractivity contribution < 1.29 is 27.5 Å². The van der Waals surface area contributed by atoms with E-state index in [0.29, 0.717) is 31.7 Å². The summed E-state index contributed by atoms with van der Waals surface area (Å²) in [7, 11) is 1.37. The van der Waals surface area contributed by atoms with Gasteiger partial charge in [-0.2, -0.15) is 0 Å².